The molecule has 0 aliphatic rings. The van der Waals surface area contributed by atoms with Gasteiger partial charge in [0.05, 0.1) is 11.4 Å². The number of rotatable bonds is 6. The summed E-state index contributed by atoms with van der Waals surface area (Å²) in [5.41, 5.74) is 2.92. The van der Waals surface area contributed by atoms with Gasteiger partial charge in [0.25, 0.3) is 5.91 Å². The first-order valence-corrected chi connectivity index (χ1v) is 9.35. The number of benzene rings is 2. The number of ether oxygens (including phenoxy) is 1. The molecule has 134 valence electrons. The molecule has 6 nitrogen and oxygen atoms in total. The van der Waals surface area contributed by atoms with Crippen LogP contribution < -0.4 is 15.2 Å². The van der Waals surface area contributed by atoms with Crippen LogP contribution in [-0.4, -0.2) is 27.5 Å². The average Bonchev–Trinajstić information content (AvgIpc) is 2.52. The third kappa shape index (κ3) is 5.04. The summed E-state index contributed by atoms with van der Waals surface area (Å²) < 4.78 is 28.7. The van der Waals surface area contributed by atoms with E-state index in [1.807, 2.05) is 32.0 Å². The van der Waals surface area contributed by atoms with Gasteiger partial charge in [0.15, 0.2) is 0 Å². The molecule has 0 saturated carbocycles. The van der Waals surface area contributed by atoms with Gasteiger partial charge in [-0.05, 0) is 50.1 Å². The van der Waals surface area contributed by atoms with Gasteiger partial charge in [-0.25, -0.2) is 13.6 Å². The Balaban J connectivity index is 1.94. The van der Waals surface area contributed by atoms with Crippen molar-refractivity contribution in [3.63, 3.8) is 0 Å². The van der Waals surface area contributed by atoms with Crippen molar-refractivity contribution in [1.29, 1.82) is 0 Å². The Hall–Kier alpha value is -2.38. The molecule has 0 bridgehead atoms. The monoisotopic (exact) mass is 362 g/mol. The molecule has 0 saturated heterocycles. The highest BCUT2D eigenvalue weighted by Crippen LogP contribution is 2.18. The van der Waals surface area contributed by atoms with E-state index in [1.165, 1.54) is 6.07 Å². The maximum atomic E-state index is 12.2. The molecule has 7 heteroatoms. The molecular formula is C18H22N2O4S. The van der Waals surface area contributed by atoms with Gasteiger partial charge in [-0.1, -0.05) is 23.8 Å². The van der Waals surface area contributed by atoms with Crippen LogP contribution in [0.15, 0.2) is 41.3 Å². The third-order valence-corrected chi connectivity index (χ3v) is 4.79. The van der Waals surface area contributed by atoms with Crippen LogP contribution in [0.5, 0.6) is 5.75 Å². The van der Waals surface area contributed by atoms with Crippen LogP contribution in [0.3, 0.4) is 0 Å². The van der Waals surface area contributed by atoms with E-state index in [9.17, 15) is 13.2 Å². The first-order chi connectivity index (χ1) is 11.7. The zero-order chi connectivity index (χ0) is 18.6. The molecule has 0 radical (unpaired) electrons. The molecule has 2 aromatic carbocycles. The highest BCUT2D eigenvalue weighted by molar-refractivity contribution is 7.89. The molecule has 0 atom stereocenters. The Bertz CT molecular complexity index is 892. The largest absolute Gasteiger partial charge is 0.491 e. The number of hydrogen-bond donors (Lipinski definition) is 2. The summed E-state index contributed by atoms with van der Waals surface area (Å²) in [5, 5.41) is 7.86. The topological polar surface area (TPSA) is 98.5 Å². The van der Waals surface area contributed by atoms with Gasteiger partial charge in [0.1, 0.15) is 12.4 Å². The minimum Gasteiger partial charge on any atom is -0.491 e. The van der Waals surface area contributed by atoms with Crippen LogP contribution in [0.4, 0.5) is 0 Å². The van der Waals surface area contributed by atoms with Crippen LogP contribution in [0.1, 0.15) is 27.0 Å². The molecule has 2 rings (SSSR count). The number of aryl methyl sites for hydroxylation is 3. The zero-order valence-electron chi connectivity index (χ0n) is 14.5. The standard InChI is InChI=1S/C18H22N2O4S/c1-12-4-7-16(14(3)10-12)24-9-8-20-18(21)15-6-5-13(2)17(11-15)25(19,22)23/h4-7,10-11H,8-9H2,1-3H3,(H,20,21)(H2,19,22,23). The van der Waals surface area contributed by atoms with Crippen molar-refractivity contribution in [3.05, 3.63) is 58.7 Å². The van der Waals surface area contributed by atoms with Crippen LogP contribution >= 0.6 is 0 Å². The average molecular weight is 362 g/mol. The van der Waals surface area contributed by atoms with E-state index in [2.05, 4.69) is 5.32 Å². The van der Waals surface area contributed by atoms with Gasteiger partial charge in [-0.2, -0.15) is 0 Å². The number of primary sulfonamides is 1. The number of amides is 1. The van der Waals surface area contributed by atoms with Gasteiger partial charge in [-0.3, -0.25) is 4.79 Å². The van der Waals surface area contributed by atoms with Gasteiger partial charge >= 0.3 is 0 Å². The molecule has 0 aliphatic carbocycles. The maximum absolute atomic E-state index is 12.2. The summed E-state index contributed by atoms with van der Waals surface area (Å²) in [6, 6.07) is 10.3. The van der Waals surface area contributed by atoms with Crippen molar-refractivity contribution in [1.82, 2.24) is 5.32 Å². The fourth-order valence-electron chi connectivity index (χ4n) is 2.44. The van der Waals surface area contributed by atoms with Crippen LogP contribution in [0.2, 0.25) is 0 Å². The van der Waals surface area contributed by atoms with E-state index < -0.39 is 10.0 Å². The van der Waals surface area contributed by atoms with Gasteiger partial charge in [0.2, 0.25) is 10.0 Å². The number of nitrogens with one attached hydrogen (secondary N) is 1. The molecule has 0 heterocycles. The fourth-order valence-corrected chi connectivity index (χ4v) is 3.24. The van der Waals surface area contributed by atoms with E-state index in [4.69, 9.17) is 9.88 Å². The smallest absolute Gasteiger partial charge is 0.251 e. The molecule has 0 unspecified atom stereocenters. The molecule has 0 spiro atoms. The highest BCUT2D eigenvalue weighted by atomic mass is 32.2. The second kappa shape index (κ2) is 7.67. The van der Waals surface area contributed by atoms with Gasteiger partial charge < -0.3 is 10.1 Å². The number of sulfonamides is 1. The minimum atomic E-state index is -3.86. The van der Waals surface area contributed by atoms with Gasteiger partial charge in [-0.15, -0.1) is 0 Å². The molecule has 0 aliphatic heterocycles. The number of nitrogens with two attached hydrogens (primary N) is 1. The summed E-state index contributed by atoms with van der Waals surface area (Å²) in [7, 11) is -3.86. The lowest BCUT2D eigenvalue weighted by atomic mass is 10.1. The number of carbonyl (C=O) groups excluding carboxylic acids is 1. The van der Waals surface area contributed by atoms with Crippen molar-refractivity contribution < 1.29 is 17.9 Å². The fraction of sp³-hybridized carbons (Fsp3) is 0.278. The molecular weight excluding hydrogens is 340 g/mol. The van der Waals surface area contributed by atoms with Crippen LogP contribution in [-0.2, 0) is 10.0 Å². The quantitative estimate of drug-likeness (QED) is 0.769. The summed E-state index contributed by atoms with van der Waals surface area (Å²) in [6.45, 7) is 6.20. The SMILES string of the molecule is Cc1ccc(OCCNC(=O)c2ccc(C)c(S(N)(=O)=O)c2)c(C)c1. The predicted molar refractivity (Wildman–Crippen MR) is 96.3 cm³/mol. The third-order valence-electron chi connectivity index (χ3n) is 3.73. The summed E-state index contributed by atoms with van der Waals surface area (Å²) in [4.78, 5) is 12.1. The van der Waals surface area contributed by atoms with E-state index in [0.29, 0.717) is 18.7 Å². The number of hydrogen-bond acceptors (Lipinski definition) is 4. The van der Waals surface area contributed by atoms with E-state index in [1.54, 1.807) is 19.1 Å². The zero-order valence-corrected chi connectivity index (χ0v) is 15.3. The molecule has 0 aromatic heterocycles. The lowest BCUT2D eigenvalue weighted by Crippen LogP contribution is -2.28. The van der Waals surface area contributed by atoms with Crippen LogP contribution in [0.25, 0.3) is 0 Å². The van der Waals surface area contributed by atoms with E-state index in [-0.39, 0.29) is 16.4 Å². The molecule has 3 N–H and O–H groups in total. The van der Waals surface area contributed by atoms with Crippen molar-refractivity contribution in [2.24, 2.45) is 5.14 Å². The Kier molecular flexibility index (Phi) is 5.81. The Labute approximate surface area is 148 Å². The van der Waals surface area contributed by atoms with E-state index >= 15 is 0 Å². The molecule has 2 aromatic rings. The normalized spacial score (nSPS) is 11.2. The Morgan fingerprint density at radius 2 is 1.80 bits per heavy atom. The summed E-state index contributed by atoms with van der Waals surface area (Å²) in [6.07, 6.45) is 0. The molecule has 0 fully saturated rings. The second-order valence-electron chi connectivity index (χ2n) is 5.90. The lowest BCUT2D eigenvalue weighted by Gasteiger charge is -2.11. The molecule has 25 heavy (non-hydrogen) atoms. The summed E-state index contributed by atoms with van der Waals surface area (Å²) in [5.74, 6) is 0.390. The van der Waals surface area contributed by atoms with Crippen LogP contribution in [0, 0.1) is 20.8 Å². The first-order valence-electron chi connectivity index (χ1n) is 7.80. The highest BCUT2D eigenvalue weighted by Gasteiger charge is 2.15. The Morgan fingerprint density at radius 3 is 2.44 bits per heavy atom. The maximum Gasteiger partial charge on any atom is 0.251 e. The number of carbonyl (C=O) groups is 1. The van der Waals surface area contributed by atoms with Crippen molar-refractivity contribution in [2.75, 3.05) is 13.2 Å². The summed E-state index contributed by atoms with van der Waals surface area (Å²) >= 11 is 0. The van der Waals surface area contributed by atoms with Crippen molar-refractivity contribution >= 4 is 15.9 Å². The lowest BCUT2D eigenvalue weighted by molar-refractivity contribution is 0.0946. The predicted octanol–water partition coefficient (Wildman–Crippen LogP) is 2.07. The van der Waals surface area contributed by atoms with E-state index in [0.717, 1.165) is 16.9 Å². The first kappa shape index (κ1) is 19.0. The minimum absolute atomic E-state index is 0.0494. The Morgan fingerprint density at radius 1 is 1.08 bits per heavy atom. The van der Waals surface area contributed by atoms with Gasteiger partial charge in [0, 0.05) is 5.56 Å². The second-order valence-corrected chi connectivity index (χ2v) is 7.43. The van der Waals surface area contributed by atoms with Crippen molar-refractivity contribution in [3.8, 4) is 5.75 Å². The molecule has 1 amide bonds. The van der Waals surface area contributed by atoms with Crippen molar-refractivity contribution in [2.45, 2.75) is 25.7 Å².